The molecule has 0 spiro atoms. The zero-order valence-corrected chi connectivity index (χ0v) is 13.4. The van der Waals surface area contributed by atoms with Crippen molar-refractivity contribution in [1.29, 1.82) is 0 Å². The number of rotatable bonds is 9. The molecule has 0 bridgehead atoms. The fraction of sp³-hybridized carbons (Fsp3) is 1.00. The molecule has 0 nitrogen and oxygen atoms in total. The first-order valence-electron chi connectivity index (χ1n) is 7.93. The lowest BCUT2D eigenvalue weighted by atomic mass is 9.75. The second-order valence-corrected chi connectivity index (χ2v) is 6.60. The van der Waals surface area contributed by atoms with Gasteiger partial charge in [-0.2, -0.15) is 0 Å². The number of unbranched alkanes of at least 4 members (excludes halogenated alkanes) is 1. The van der Waals surface area contributed by atoms with Gasteiger partial charge in [0.2, 0.25) is 0 Å². The standard InChI is InChI=1S/C17H36/c1-8-10-11-17(14(5)9-2)12-15(6)16(7)13(3)4/h13-17H,8-12H2,1-7H3. The van der Waals surface area contributed by atoms with E-state index in [2.05, 4.69) is 48.5 Å². The van der Waals surface area contributed by atoms with Crippen molar-refractivity contribution in [2.45, 2.75) is 80.6 Å². The molecule has 0 aliphatic heterocycles. The lowest BCUT2D eigenvalue weighted by molar-refractivity contribution is 0.200. The van der Waals surface area contributed by atoms with Gasteiger partial charge in [0.1, 0.15) is 0 Å². The van der Waals surface area contributed by atoms with Crippen molar-refractivity contribution >= 4 is 0 Å². The van der Waals surface area contributed by atoms with E-state index in [1.54, 1.807) is 0 Å². The maximum atomic E-state index is 2.46. The van der Waals surface area contributed by atoms with E-state index < -0.39 is 0 Å². The first-order chi connectivity index (χ1) is 7.93. The van der Waals surface area contributed by atoms with E-state index >= 15 is 0 Å². The van der Waals surface area contributed by atoms with Gasteiger partial charge in [0.05, 0.1) is 0 Å². The third-order valence-electron chi connectivity index (χ3n) is 5.00. The van der Waals surface area contributed by atoms with Crippen molar-refractivity contribution in [2.75, 3.05) is 0 Å². The van der Waals surface area contributed by atoms with Crippen LogP contribution in [0.1, 0.15) is 80.6 Å². The summed E-state index contributed by atoms with van der Waals surface area (Å²) in [6.07, 6.45) is 6.99. The summed E-state index contributed by atoms with van der Waals surface area (Å²) in [5, 5.41) is 0. The molecule has 17 heavy (non-hydrogen) atoms. The Morgan fingerprint density at radius 2 is 1.41 bits per heavy atom. The zero-order valence-electron chi connectivity index (χ0n) is 13.4. The fourth-order valence-corrected chi connectivity index (χ4v) is 2.78. The summed E-state index contributed by atoms with van der Waals surface area (Å²) in [4.78, 5) is 0. The Hall–Kier alpha value is 0. The molecule has 0 aromatic heterocycles. The summed E-state index contributed by atoms with van der Waals surface area (Å²) in [5.41, 5.74) is 0. The van der Waals surface area contributed by atoms with Crippen molar-refractivity contribution in [3.63, 3.8) is 0 Å². The third kappa shape index (κ3) is 6.48. The molecule has 104 valence electrons. The molecule has 0 N–H and O–H groups in total. The number of hydrogen-bond acceptors (Lipinski definition) is 0. The lowest BCUT2D eigenvalue weighted by Crippen LogP contribution is -2.21. The van der Waals surface area contributed by atoms with Crippen LogP contribution >= 0.6 is 0 Å². The molecule has 0 fully saturated rings. The predicted octanol–water partition coefficient (Wildman–Crippen LogP) is 6.16. The Morgan fingerprint density at radius 3 is 1.82 bits per heavy atom. The highest BCUT2D eigenvalue weighted by molar-refractivity contribution is 4.73. The van der Waals surface area contributed by atoms with E-state index in [0.717, 1.165) is 29.6 Å². The maximum absolute atomic E-state index is 2.46. The van der Waals surface area contributed by atoms with E-state index in [-0.39, 0.29) is 0 Å². The second kappa shape index (κ2) is 9.00. The molecular weight excluding hydrogens is 204 g/mol. The van der Waals surface area contributed by atoms with Crippen LogP contribution in [0.3, 0.4) is 0 Å². The van der Waals surface area contributed by atoms with Gasteiger partial charge in [-0.3, -0.25) is 0 Å². The molecule has 0 rings (SSSR count). The highest BCUT2D eigenvalue weighted by Crippen LogP contribution is 2.32. The van der Waals surface area contributed by atoms with E-state index in [0.29, 0.717) is 0 Å². The van der Waals surface area contributed by atoms with Crippen LogP contribution in [0, 0.1) is 29.6 Å². The van der Waals surface area contributed by atoms with Crippen LogP contribution in [0.2, 0.25) is 0 Å². The molecule has 0 heteroatoms. The first-order valence-corrected chi connectivity index (χ1v) is 7.93. The molecule has 4 atom stereocenters. The zero-order chi connectivity index (χ0) is 13.4. The predicted molar refractivity (Wildman–Crippen MR) is 80.3 cm³/mol. The second-order valence-electron chi connectivity index (χ2n) is 6.60. The van der Waals surface area contributed by atoms with Gasteiger partial charge in [-0.05, 0) is 36.0 Å². The third-order valence-corrected chi connectivity index (χ3v) is 5.00. The Bertz CT molecular complexity index is 171. The summed E-state index contributed by atoms with van der Waals surface area (Å²) in [6, 6.07) is 0. The quantitative estimate of drug-likeness (QED) is 0.453. The Kier molecular flexibility index (Phi) is 9.00. The first kappa shape index (κ1) is 17.0. The van der Waals surface area contributed by atoms with Crippen LogP contribution < -0.4 is 0 Å². The molecule has 4 unspecified atom stereocenters. The molecule has 0 aliphatic carbocycles. The van der Waals surface area contributed by atoms with Crippen LogP contribution in [0.5, 0.6) is 0 Å². The Morgan fingerprint density at radius 1 is 0.824 bits per heavy atom. The normalized spacial score (nSPS) is 19.1. The summed E-state index contributed by atoms with van der Waals surface area (Å²) in [7, 11) is 0. The van der Waals surface area contributed by atoms with Crippen LogP contribution in [-0.4, -0.2) is 0 Å². The topological polar surface area (TPSA) is 0 Å². The van der Waals surface area contributed by atoms with Crippen LogP contribution in [0.15, 0.2) is 0 Å². The minimum atomic E-state index is 0.828. The van der Waals surface area contributed by atoms with E-state index in [1.807, 2.05) is 0 Å². The van der Waals surface area contributed by atoms with Gasteiger partial charge < -0.3 is 0 Å². The van der Waals surface area contributed by atoms with Gasteiger partial charge >= 0.3 is 0 Å². The summed E-state index contributed by atoms with van der Waals surface area (Å²) in [6.45, 7) is 16.7. The summed E-state index contributed by atoms with van der Waals surface area (Å²) < 4.78 is 0. The average Bonchev–Trinajstić information content (AvgIpc) is 2.31. The molecule has 0 heterocycles. The molecule has 0 radical (unpaired) electrons. The Balaban J connectivity index is 4.30. The molecule has 0 saturated heterocycles. The van der Waals surface area contributed by atoms with E-state index in [1.165, 1.54) is 32.1 Å². The van der Waals surface area contributed by atoms with Crippen molar-refractivity contribution < 1.29 is 0 Å². The van der Waals surface area contributed by atoms with Crippen LogP contribution in [0.25, 0.3) is 0 Å². The highest BCUT2D eigenvalue weighted by atomic mass is 14.3. The van der Waals surface area contributed by atoms with Gasteiger partial charge in [-0.25, -0.2) is 0 Å². The van der Waals surface area contributed by atoms with Crippen molar-refractivity contribution in [2.24, 2.45) is 29.6 Å². The van der Waals surface area contributed by atoms with Crippen molar-refractivity contribution in [3.05, 3.63) is 0 Å². The minimum absolute atomic E-state index is 0.828. The monoisotopic (exact) mass is 240 g/mol. The van der Waals surface area contributed by atoms with Gasteiger partial charge in [0.25, 0.3) is 0 Å². The smallest absolute Gasteiger partial charge is 0.0386 e. The maximum Gasteiger partial charge on any atom is -0.0386 e. The van der Waals surface area contributed by atoms with Crippen molar-refractivity contribution in [1.82, 2.24) is 0 Å². The summed E-state index contributed by atoms with van der Waals surface area (Å²) in [5.74, 6) is 4.43. The lowest BCUT2D eigenvalue weighted by Gasteiger charge is -2.30. The molecule has 0 aromatic rings. The van der Waals surface area contributed by atoms with Gasteiger partial charge in [-0.15, -0.1) is 0 Å². The van der Waals surface area contributed by atoms with Gasteiger partial charge in [0, 0.05) is 0 Å². The van der Waals surface area contributed by atoms with E-state index in [9.17, 15) is 0 Å². The number of hydrogen-bond donors (Lipinski definition) is 0. The largest absolute Gasteiger partial charge is 0.0654 e. The average molecular weight is 240 g/mol. The molecule has 0 aromatic carbocycles. The molecule has 0 aliphatic rings. The van der Waals surface area contributed by atoms with Gasteiger partial charge in [0.15, 0.2) is 0 Å². The fourth-order valence-electron chi connectivity index (χ4n) is 2.78. The Labute approximate surface area is 111 Å². The van der Waals surface area contributed by atoms with Gasteiger partial charge in [-0.1, -0.05) is 74.1 Å². The van der Waals surface area contributed by atoms with Crippen LogP contribution in [-0.2, 0) is 0 Å². The van der Waals surface area contributed by atoms with Crippen LogP contribution in [0.4, 0.5) is 0 Å². The summed E-state index contributed by atoms with van der Waals surface area (Å²) >= 11 is 0. The molecule has 0 saturated carbocycles. The minimum Gasteiger partial charge on any atom is -0.0654 e. The molecular formula is C17H36. The highest BCUT2D eigenvalue weighted by Gasteiger charge is 2.22. The van der Waals surface area contributed by atoms with E-state index in [4.69, 9.17) is 0 Å². The van der Waals surface area contributed by atoms with Crippen molar-refractivity contribution in [3.8, 4) is 0 Å². The molecule has 0 amide bonds. The SMILES string of the molecule is CCCCC(CC(C)C(C)C(C)C)C(C)CC.